The maximum absolute atomic E-state index is 13.9. The number of hydrogen-bond donors (Lipinski definition) is 0. The second kappa shape index (κ2) is 12.1. The van der Waals surface area contributed by atoms with Gasteiger partial charge in [-0.3, -0.25) is 4.68 Å². The van der Waals surface area contributed by atoms with Crippen molar-refractivity contribution in [1.29, 1.82) is 0 Å². The molecule has 0 amide bonds. The lowest BCUT2D eigenvalue weighted by Crippen LogP contribution is -2.31. The molecule has 38 heavy (non-hydrogen) atoms. The largest absolute Gasteiger partial charge is 0.497 e. The van der Waals surface area contributed by atoms with E-state index in [1.165, 1.54) is 11.4 Å². The Morgan fingerprint density at radius 1 is 0.868 bits per heavy atom. The molecule has 4 aromatic rings. The molecular formula is C27H30N4O6S. The van der Waals surface area contributed by atoms with Crippen LogP contribution in [0.15, 0.2) is 77.7 Å². The molecule has 0 bridgehead atoms. The van der Waals surface area contributed by atoms with Gasteiger partial charge in [0, 0.05) is 37.9 Å². The Hall–Kier alpha value is -3.93. The summed E-state index contributed by atoms with van der Waals surface area (Å²) in [6.07, 6.45) is 0. The molecule has 0 radical (unpaired) electrons. The van der Waals surface area contributed by atoms with Crippen molar-refractivity contribution in [1.82, 2.24) is 19.3 Å². The molecule has 0 aliphatic carbocycles. The highest BCUT2D eigenvalue weighted by Crippen LogP contribution is 2.31. The molecule has 1 aromatic heterocycles. The van der Waals surface area contributed by atoms with Crippen LogP contribution in [0.25, 0.3) is 11.3 Å². The zero-order valence-corrected chi connectivity index (χ0v) is 22.5. The molecule has 0 aliphatic rings. The van der Waals surface area contributed by atoms with Gasteiger partial charge in [-0.25, -0.2) is 8.42 Å². The Morgan fingerprint density at radius 2 is 1.58 bits per heavy atom. The lowest BCUT2D eigenvalue weighted by molar-refractivity contribution is 0.0511. The van der Waals surface area contributed by atoms with Gasteiger partial charge in [-0.05, 0) is 42.5 Å². The summed E-state index contributed by atoms with van der Waals surface area (Å²) in [6, 6.07) is 20.9. The van der Waals surface area contributed by atoms with Gasteiger partial charge in [-0.2, -0.15) is 4.31 Å². The van der Waals surface area contributed by atoms with E-state index in [0.717, 1.165) is 5.56 Å². The molecule has 0 atom stereocenters. The van der Waals surface area contributed by atoms with Gasteiger partial charge in [0.1, 0.15) is 22.9 Å². The Bertz CT molecular complexity index is 1460. The first-order chi connectivity index (χ1) is 18.4. The summed E-state index contributed by atoms with van der Waals surface area (Å²) in [7, 11) is 2.49. The minimum Gasteiger partial charge on any atom is -0.497 e. The van der Waals surface area contributed by atoms with Crippen LogP contribution in [-0.2, 0) is 34.9 Å². The van der Waals surface area contributed by atoms with Crippen molar-refractivity contribution < 1.29 is 27.4 Å². The predicted octanol–water partition coefficient (Wildman–Crippen LogP) is 3.87. The Kier molecular flexibility index (Phi) is 8.62. The topological polar surface area (TPSA) is 105 Å². The van der Waals surface area contributed by atoms with Crippen LogP contribution < -0.4 is 14.2 Å². The van der Waals surface area contributed by atoms with Crippen molar-refractivity contribution in [3.63, 3.8) is 0 Å². The number of hydrogen-bond acceptors (Lipinski definition) is 8. The lowest BCUT2D eigenvalue weighted by Gasteiger charge is -2.24. The van der Waals surface area contributed by atoms with Crippen LogP contribution in [0.3, 0.4) is 0 Å². The van der Waals surface area contributed by atoms with E-state index >= 15 is 0 Å². The summed E-state index contributed by atoms with van der Waals surface area (Å²) in [6.45, 7) is 0.211. The van der Waals surface area contributed by atoms with E-state index < -0.39 is 10.0 Å². The summed E-state index contributed by atoms with van der Waals surface area (Å²) < 4.78 is 52.0. The van der Waals surface area contributed by atoms with Crippen molar-refractivity contribution in [3.8, 4) is 28.5 Å². The van der Waals surface area contributed by atoms with Crippen molar-refractivity contribution >= 4 is 10.0 Å². The number of nitrogens with zero attached hydrogens (tertiary/aromatic N) is 4. The fourth-order valence-electron chi connectivity index (χ4n) is 3.92. The van der Waals surface area contributed by atoms with Crippen LogP contribution in [0.4, 0.5) is 0 Å². The van der Waals surface area contributed by atoms with Crippen molar-refractivity contribution in [2.75, 3.05) is 28.1 Å². The lowest BCUT2D eigenvalue weighted by atomic mass is 10.1. The fourth-order valence-corrected chi connectivity index (χ4v) is 5.32. The molecule has 0 aliphatic heterocycles. The molecule has 4 rings (SSSR count). The van der Waals surface area contributed by atoms with E-state index in [-0.39, 0.29) is 24.8 Å². The molecule has 0 N–H and O–H groups in total. The average molecular weight is 539 g/mol. The third-order valence-corrected chi connectivity index (χ3v) is 7.77. The van der Waals surface area contributed by atoms with Gasteiger partial charge in [0.05, 0.1) is 31.4 Å². The zero-order valence-electron chi connectivity index (χ0n) is 21.7. The van der Waals surface area contributed by atoms with Gasteiger partial charge < -0.3 is 18.9 Å². The van der Waals surface area contributed by atoms with E-state index in [2.05, 4.69) is 10.3 Å². The normalized spacial score (nSPS) is 11.5. The highest BCUT2D eigenvalue weighted by Gasteiger charge is 2.29. The number of aryl methyl sites for hydroxylation is 1. The van der Waals surface area contributed by atoms with Crippen molar-refractivity contribution in [2.45, 2.75) is 18.0 Å². The highest BCUT2D eigenvalue weighted by molar-refractivity contribution is 7.89. The molecule has 0 fully saturated rings. The number of methoxy groups -OCH3 is 3. The fraction of sp³-hybridized carbons (Fsp3) is 0.259. The summed E-state index contributed by atoms with van der Waals surface area (Å²) in [5, 5.41) is 8.52. The summed E-state index contributed by atoms with van der Waals surface area (Å²) >= 11 is 0. The van der Waals surface area contributed by atoms with Crippen LogP contribution in [0, 0.1) is 0 Å². The van der Waals surface area contributed by atoms with E-state index in [0.29, 0.717) is 34.2 Å². The molecule has 200 valence electrons. The number of sulfonamides is 1. The Balaban J connectivity index is 1.73. The van der Waals surface area contributed by atoms with Crippen LogP contribution in [0.1, 0.15) is 11.3 Å². The molecule has 11 heteroatoms. The van der Waals surface area contributed by atoms with Crippen LogP contribution >= 0.6 is 0 Å². The van der Waals surface area contributed by atoms with Crippen LogP contribution in [0.2, 0.25) is 0 Å². The molecule has 0 unspecified atom stereocenters. The van der Waals surface area contributed by atoms with Gasteiger partial charge in [0.2, 0.25) is 10.0 Å². The highest BCUT2D eigenvalue weighted by atomic mass is 32.2. The maximum atomic E-state index is 13.9. The molecule has 0 spiro atoms. The molecule has 0 saturated carbocycles. The van der Waals surface area contributed by atoms with E-state index in [1.807, 2.05) is 12.1 Å². The molecular weight excluding hydrogens is 508 g/mol. The predicted molar refractivity (Wildman–Crippen MR) is 141 cm³/mol. The second-order valence-corrected chi connectivity index (χ2v) is 10.3. The summed E-state index contributed by atoms with van der Waals surface area (Å²) in [5.41, 5.74) is 2.66. The van der Waals surface area contributed by atoms with E-state index in [1.54, 1.807) is 86.6 Å². The third kappa shape index (κ3) is 5.96. The van der Waals surface area contributed by atoms with Crippen LogP contribution in [-0.4, -0.2) is 55.8 Å². The summed E-state index contributed by atoms with van der Waals surface area (Å²) in [5.74, 6) is 1.77. The van der Waals surface area contributed by atoms with Gasteiger partial charge >= 0.3 is 0 Å². The molecule has 10 nitrogen and oxygen atoms in total. The third-order valence-electron chi connectivity index (χ3n) is 5.96. The maximum Gasteiger partial charge on any atom is 0.243 e. The van der Waals surface area contributed by atoms with Gasteiger partial charge in [-0.1, -0.05) is 29.5 Å². The molecule has 1 heterocycles. The smallest absolute Gasteiger partial charge is 0.243 e. The monoisotopic (exact) mass is 538 g/mol. The van der Waals surface area contributed by atoms with Crippen molar-refractivity contribution in [2.24, 2.45) is 7.05 Å². The number of aromatic nitrogens is 3. The SMILES string of the molecule is COCOc1ccc(-c2nnn(C)c2CN(Cc2ccc(OC)cc2OC)S(=O)(=O)c2ccccc2)cc1. The summed E-state index contributed by atoms with van der Waals surface area (Å²) in [4.78, 5) is 0.184. The minimum absolute atomic E-state index is 0.0210. The standard InChI is InChI=1S/C27H30N4O6S/c1-30-25(27(28-29-30)20-10-13-22(14-11-20)37-19-34-2)18-31(38(32,33)24-8-6-5-7-9-24)17-21-12-15-23(35-3)16-26(21)36-4/h5-16H,17-19H2,1-4H3. The van der Waals surface area contributed by atoms with Crippen LogP contribution in [0.5, 0.6) is 17.2 Å². The first-order valence-corrected chi connectivity index (χ1v) is 13.2. The Morgan fingerprint density at radius 3 is 2.24 bits per heavy atom. The zero-order chi connectivity index (χ0) is 27.1. The molecule has 3 aromatic carbocycles. The number of ether oxygens (including phenoxy) is 4. The first-order valence-electron chi connectivity index (χ1n) is 11.7. The van der Waals surface area contributed by atoms with Gasteiger partial charge in [0.15, 0.2) is 6.79 Å². The average Bonchev–Trinajstić information content (AvgIpc) is 3.32. The Labute approximate surface area is 222 Å². The number of rotatable bonds is 12. The minimum atomic E-state index is -3.90. The van der Waals surface area contributed by atoms with E-state index in [4.69, 9.17) is 18.9 Å². The number of benzene rings is 3. The first kappa shape index (κ1) is 27.1. The molecule has 0 saturated heterocycles. The quantitative estimate of drug-likeness (QED) is 0.250. The van der Waals surface area contributed by atoms with Gasteiger partial charge in [0.25, 0.3) is 0 Å². The second-order valence-electron chi connectivity index (χ2n) is 8.35. The van der Waals surface area contributed by atoms with Crippen molar-refractivity contribution in [3.05, 3.63) is 84.1 Å². The van der Waals surface area contributed by atoms with E-state index in [9.17, 15) is 8.42 Å². The van der Waals surface area contributed by atoms with Gasteiger partial charge in [-0.15, -0.1) is 5.10 Å².